The maximum atomic E-state index is 11.9. The van der Waals surface area contributed by atoms with Crippen molar-refractivity contribution in [2.75, 3.05) is 11.5 Å². The number of carbonyl (C=O) groups excluding carboxylic acids is 2. The molecular weight excluding hydrogens is 420 g/mol. The van der Waals surface area contributed by atoms with Crippen molar-refractivity contribution < 1.29 is 9.59 Å². The molecule has 0 aromatic heterocycles. The molecular formula is C27H52O2S2. The Morgan fingerprint density at radius 3 is 1.03 bits per heavy atom. The van der Waals surface area contributed by atoms with Crippen LogP contribution in [0.4, 0.5) is 0 Å². The molecule has 4 heteroatoms. The number of hydrogen-bond donors (Lipinski definition) is 0. The van der Waals surface area contributed by atoms with E-state index in [1.54, 1.807) is 0 Å². The van der Waals surface area contributed by atoms with Gasteiger partial charge in [-0.3, -0.25) is 9.59 Å². The molecule has 0 saturated heterocycles. The molecule has 0 radical (unpaired) electrons. The summed E-state index contributed by atoms with van der Waals surface area (Å²) in [5, 5.41) is 0.683. The Bertz CT molecular complexity index is 363. The van der Waals surface area contributed by atoms with Gasteiger partial charge >= 0.3 is 0 Å². The number of unbranched alkanes of at least 4 members (excludes halogenated alkanes) is 16. The molecule has 0 amide bonds. The summed E-state index contributed by atoms with van der Waals surface area (Å²) in [6, 6.07) is 0. The fourth-order valence-electron chi connectivity index (χ4n) is 3.74. The summed E-state index contributed by atoms with van der Waals surface area (Å²) < 4.78 is 0. The molecule has 0 bridgehead atoms. The van der Waals surface area contributed by atoms with E-state index in [0.29, 0.717) is 10.2 Å². The fourth-order valence-corrected chi connectivity index (χ4v) is 5.53. The molecule has 0 saturated carbocycles. The van der Waals surface area contributed by atoms with Crippen LogP contribution in [0, 0.1) is 0 Å². The highest BCUT2D eigenvalue weighted by Crippen LogP contribution is 2.17. The average molecular weight is 473 g/mol. The molecule has 0 aliphatic rings. The lowest BCUT2D eigenvalue weighted by molar-refractivity contribution is -0.111. The van der Waals surface area contributed by atoms with Gasteiger partial charge in [-0.2, -0.15) is 0 Å². The van der Waals surface area contributed by atoms with E-state index in [4.69, 9.17) is 0 Å². The molecule has 31 heavy (non-hydrogen) atoms. The zero-order valence-corrected chi connectivity index (χ0v) is 22.5. The van der Waals surface area contributed by atoms with Crippen LogP contribution >= 0.6 is 23.5 Å². The Hall–Kier alpha value is 0.0400. The Balaban J connectivity index is 3.28. The molecule has 0 heterocycles. The van der Waals surface area contributed by atoms with Gasteiger partial charge in [0.2, 0.25) is 0 Å². The van der Waals surface area contributed by atoms with Crippen molar-refractivity contribution in [2.45, 2.75) is 149 Å². The van der Waals surface area contributed by atoms with Gasteiger partial charge in [0.05, 0.1) is 0 Å². The average Bonchev–Trinajstić information content (AvgIpc) is 2.76. The van der Waals surface area contributed by atoms with Crippen LogP contribution in [-0.4, -0.2) is 21.7 Å². The molecule has 0 atom stereocenters. The van der Waals surface area contributed by atoms with Gasteiger partial charge in [-0.1, -0.05) is 140 Å². The van der Waals surface area contributed by atoms with Gasteiger partial charge in [-0.25, -0.2) is 0 Å². The van der Waals surface area contributed by atoms with Crippen LogP contribution in [-0.2, 0) is 9.59 Å². The van der Waals surface area contributed by atoms with Crippen LogP contribution in [0.1, 0.15) is 149 Å². The number of carbonyl (C=O) groups is 2. The number of rotatable bonds is 24. The highest BCUT2D eigenvalue weighted by atomic mass is 32.2. The third kappa shape index (κ3) is 26.2. The van der Waals surface area contributed by atoms with Crippen LogP contribution in [0.25, 0.3) is 0 Å². The van der Waals surface area contributed by atoms with Crippen molar-refractivity contribution in [3.05, 3.63) is 0 Å². The van der Waals surface area contributed by atoms with Crippen molar-refractivity contribution in [1.82, 2.24) is 0 Å². The van der Waals surface area contributed by atoms with E-state index in [1.165, 1.54) is 126 Å². The second-order valence-electron chi connectivity index (χ2n) is 8.95. The molecule has 0 N–H and O–H groups in total. The maximum absolute atomic E-state index is 11.9. The summed E-state index contributed by atoms with van der Waals surface area (Å²) in [6.45, 7) is 4.51. The minimum absolute atomic E-state index is 0.342. The highest BCUT2D eigenvalue weighted by Gasteiger charge is 2.05. The zero-order chi connectivity index (χ0) is 22.8. The summed E-state index contributed by atoms with van der Waals surface area (Å²) >= 11 is 2.95. The van der Waals surface area contributed by atoms with E-state index in [9.17, 15) is 9.59 Å². The molecule has 0 fully saturated rings. The highest BCUT2D eigenvalue weighted by molar-refractivity contribution is 8.14. The summed E-state index contributed by atoms with van der Waals surface area (Å²) in [5.41, 5.74) is 0. The molecule has 2 nitrogen and oxygen atoms in total. The van der Waals surface area contributed by atoms with Crippen molar-refractivity contribution in [1.29, 1.82) is 0 Å². The first-order chi connectivity index (χ1) is 15.2. The maximum Gasteiger partial charge on any atom is 0.188 e. The number of hydrogen-bond acceptors (Lipinski definition) is 4. The van der Waals surface area contributed by atoms with Crippen LogP contribution in [0.2, 0.25) is 0 Å². The smallest absolute Gasteiger partial charge is 0.188 e. The molecule has 0 aromatic rings. The van der Waals surface area contributed by atoms with Crippen LogP contribution in [0.5, 0.6) is 0 Å². The van der Waals surface area contributed by atoms with E-state index in [-0.39, 0.29) is 0 Å². The minimum Gasteiger partial charge on any atom is -0.287 e. The molecule has 184 valence electrons. The summed E-state index contributed by atoms with van der Waals surface area (Å²) in [4.78, 5) is 23.9. The Morgan fingerprint density at radius 1 is 0.419 bits per heavy atom. The van der Waals surface area contributed by atoms with Gasteiger partial charge in [0, 0.05) is 24.3 Å². The normalized spacial score (nSPS) is 11.2. The largest absolute Gasteiger partial charge is 0.287 e. The Labute approximate surface area is 203 Å². The lowest BCUT2D eigenvalue weighted by Crippen LogP contribution is -1.97. The monoisotopic (exact) mass is 472 g/mol. The van der Waals surface area contributed by atoms with Gasteiger partial charge in [-0.05, 0) is 19.3 Å². The first-order valence-electron chi connectivity index (χ1n) is 13.5. The lowest BCUT2D eigenvalue weighted by atomic mass is 10.1. The van der Waals surface area contributed by atoms with Gasteiger partial charge in [-0.15, -0.1) is 0 Å². The first kappa shape index (κ1) is 31.0. The molecule has 0 aliphatic heterocycles. The quantitative estimate of drug-likeness (QED) is 0.131. The summed E-state index contributed by atoms with van der Waals surface area (Å²) in [7, 11) is 0. The first-order valence-corrected chi connectivity index (χ1v) is 15.5. The van der Waals surface area contributed by atoms with E-state index < -0.39 is 0 Å². The van der Waals surface area contributed by atoms with Crippen molar-refractivity contribution >= 4 is 33.8 Å². The lowest BCUT2D eigenvalue weighted by Gasteiger charge is -2.03. The second-order valence-corrected chi connectivity index (χ2v) is 11.3. The Morgan fingerprint density at radius 2 is 0.710 bits per heavy atom. The van der Waals surface area contributed by atoms with Gasteiger partial charge in [0.25, 0.3) is 0 Å². The summed E-state index contributed by atoms with van der Waals surface area (Å²) in [5.74, 6) is 1.74. The fraction of sp³-hybridized carbons (Fsp3) is 0.926. The molecule has 0 spiro atoms. The van der Waals surface area contributed by atoms with E-state index in [0.717, 1.165) is 43.6 Å². The standard InChI is InChI=1S/C27H52O2S2/c1-3-5-7-9-11-13-15-17-19-22-26(28)30-24-21-25-31-27(29)23-20-18-16-14-12-10-8-6-4-2/h3-25H2,1-2H3. The van der Waals surface area contributed by atoms with E-state index >= 15 is 0 Å². The van der Waals surface area contributed by atoms with Crippen LogP contribution < -0.4 is 0 Å². The molecule has 0 unspecified atom stereocenters. The van der Waals surface area contributed by atoms with Crippen LogP contribution in [0.3, 0.4) is 0 Å². The van der Waals surface area contributed by atoms with Gasteiger partial charge in [0.1, 0.15) is 0 Å². The minimum atomic E-state index is 0.342. The molecule has 0 aromatic carbocycles. The van der Waals surface area contributed by atoms with Crippen LogP contribution in [0.15, 0.2) is 0 Å². The second kappa shape index (κ2) is 26.3. The third-order valence-corrected chi connectivity index (χ3v) is 7.82. The third-order valence-electron chi connectivity index (χ3n) is 5.78. The van der Waals surface area contributed by atoms with E-state index in [2.05, 4.69) is 13.8 Å². The van der Waals surface area contributed by atoms with Crippen molar-refractivity contribution in [3.8, 4) is 0 Å². The predicted molar refractivity (Wildman–Crippen MR) is 143 cm³/mol. The molecule has 0 rings (SSSR count). The Kier molecular flexibility index (Phi) is 26.3. The van der Waals surface area contributed by atoms with Gasteiger partial charge in [0.15, 0.2) is 10.2 Å². The molecule has 0 aliphatic carbocycles. The SMILES string of the molecule is CCCCCCCCCCCC(=O)SCCCSC(=O)CCCCCCCCCCC. The predicted octanol–water partition coefficient (Wildman–Crippen LogP) is 9.74. The van der Waals surface area contributed by atoms with Crippen molar-refractivity contribution in [2.24, 2.45) is 0 Å². The van der Waals surface area contributed by atoms with Gasteiger partial charge < -0.3 is 0 Å². The topological polar surface area (TPSA) is 34.1 Å². The number of thioether (sulfide) groups is 2. The summed E-state index contributed by atoms with van der Waals surface area (Å²) in [6.07, 6.45) is 25.7. The van der Waals surface area contributed by atoms with Crippen molar-refractivity contribution in [3.63, 3.8) is 0 Å². The zero-order valence-electron chi connectivity index (χ0n) is 20.9. The van der Waals surface area contributed by atoms with E-state index in [1.807, 2.05) is 0 Å².